The molecule has 7 heteroatoms. The second-order valence-electron chi connectivity index (χ2n) is 7.77. The summed E-state index contributed by atoms with van der Waals surface area (Å²) in [5, 5.41) is 31.2. The van der Waals surface area contributed by atoms with E-state index in [9.17, 15) is 5.11 Å². The molecule has 3 rings (SSSR count). The van der Waals surface area contributed by atoms with E-state index in [1.165, 1.54) is 17.7 Å². The fourth-order valence-corrected chi connectivity index (χ4v) is 3.33. The molecule has 172 valence electrons. The minimum absolute atomic E-state index is 0.180. The summed E-state index contributed by atoms with van der Waals surface area (Å²) < 4.78 is 0. The fourth-order valence-electron chi connectivity index (χ4n) is 3.21. The van der Waals surface area contributed by atoms with E-state index in [1.54, 1.807) is 13.1 Å². The minimum Gasteiger partial charge on any atom is -0.504 e. The zero-order valence-corrected chi connectivity index (χ0v) is 19.5. The van der Waals surface area contributed by atoms with E-state index in [4.69, 9.17) is 21.8 Å². The van der Waals surface area contributed by atoms with E-state index >= 15 is 0 Å². The van der Waals surface area contributed by atoms with E-state index in [1.807, 2.05) is 30.5 Å². The van der Waals surface area contributed by atoms with Crippen LogP contribution in [0.4, 0.5) is 0 Å². The number of halogens is 1. The third-order valence-electron chi connectivity index (χ3n) is 4.96. The summed E-state index contributed by atoms with van der Waals surface area (Å²) in [6.45, 7) is 1.44. The Bertz CT molecular complexity index is 937. The maximum Gasteiger partial charge on any atom is 0.157 e. The van der Waals surface area contributed by atoms with Crippen LogP contribution < -0.4 is 5.32 Å². The van der Waals surface area contributed by atoms with Crippen molar-refractivity contribution in [3.63, 3.8) is 0 Å². The molecule has 0 radical (unpaired) electrons. The van der Waals surface area contributed by atoms with E-state index in [0.29, 0.717) is 18.0 Å². The summed E-state index contributed by atoms with van der Waals surface area (Å²) in [5.41, 5.74) is 2.96. The largest absolute Gasteiger partial charge is 0.504 e. The number of phenols is 2. The Hall–Kier alpha value is -2.64. The number of aliphatic hydroxyl groups excluding tert-OH is 1. The second-order valence-corrected chi connectivity index (χ2v) is 8.21. The van der Waals surface area contributed by atoms with Crippen LogP contribution in [-0.2, 0) is 0 Å². The molecule has 3 aromatic rings. The molecule has 0 saturated carbocycles. The monoisotopic (exact) mass is 457 g/mol. The van der Waals surface area contributed by atoms with E-state index < -0.39 is 6.10 Å². The highest BCUT2D eigenvalue weighted by Gasteiger charge is 2.15. The van der Waals surface area contributed by atoms with Crippen molar-refractivity contribution >= 4 is 11.6 Å². The van der Waals surface area contributed by atoms with Crippen molar-refractivity contribution in [2.45, 2.75) is 18.4 Å². The first-order valence-corrected chi connectivity index (χ1v) is 10.8. The second kappa shape index (κ2) is 13.0. The van der Waals surface area contributed by atoms with Crippen molar-refractivity contribution < 1.29 is 15.3 Å². The Morgan fingerprint density at radius 3 is 2.22 bits per heavy atom. The Morgan fingerprint density at radius 2 is 1.66 bits per heavy atom. The maximum atomic E-state index is 9.48. The van der Waals surface area contributed by atoms with Crippen molar-refractivity contribution in [1.82, 2.24) is 15.2 Å². The maximum absolute atomic E-state index is 9.48. The summed E-state index contributed by atoms with van der Waals surface area (Å²) in [6.07, 6.45) is 2.23. The SMILES string of the molecule is CN(C)CCC(c1ccc(Cl)cc1)c1ccccn1.CNC[C@H](O)c1ccc(O)c(O)c1. The van der Waals surface area contributed by atoms with Gasteiger partial charge in [-0.2, -0.15) is 0 Å². The summed E-state index contributed by atoms with van der Waals surface area (Å²) >= 11 is 5.97. The van der Waals surface area contributed by atoms with Gasteiger partial charge in [-0.05, 0) is 81.6 Å². The van der Waals surface area contributed by atoms with Crippen LogP contribution in [0.5, 0.6) is 11.5 Å². The summed E-state index contributed by atoms with van der Waals surface area (Å²) in [7, 11) is 5.91. The van der Waals surface area contributed by atoms with Crippen LogP contribution in [0.25, 0.3) is 0 Å². The lowest BCUT2D eigenvalue weighted by atomic mass is 9.92. The lowest BCUT2D eigenvalue weighted by Crippen LogP contribution is -2.17. The van der Waals surface area contributed by atoms with Gasteiger partial charge < -0.3 is 25.5 Å². The molecule has 32 heavy (non-hydrogen) atoms. The van der Waals surface area contributed by atoms with Gasteiger partial charge in [0.1, 0.15) is 0 Å². The molecule has 0 aliphatic carbocycles. The first-order chi connectivity index (χ1) is 15.3. The molecule has 4 N–H and O–H groups in total. The zero-order chi connectivity index (χ0) is 23.5. The molecule has 2 aromatic carbocycles. The zero-order valence-electron chi connectivity index (χ0n) is 18.7. The number of hydrogen-bond acceptors (Lipinski definition) is 6. The molecule has 0 aliphatic heterocycles. The number of pyridine rings is 1. The predicted octanol–water partition coefficient (Wildman–Crippen LogP) is 4.17. The van der Waals surface area contributed by atoms with Gasteiger partial charge in [0.2, 0.25) is 0 Å². The average Bonchev–Trinajstić information content (AvgIpc) is 2.78. The number of aliphatic hydroxyl groups is 1. The smallest absolute Gasteiger partial charge is 0.157 e. The van der Waals surface area contributed by atoms with Gasteiger partial charge in [-0.1, -0.05) is 35.9 Å². The summed E-state index contributed by atoms with van der Waals surface area (Å²) in [5.74, 6) is -0.0751. The number of likely N-dealkylation sites (N-methyl/N-ethyl adjacent to an activating group) is 1. The fraction of sp³-hybridized carbons (Fsp3) is 0.320. The standard InChI is InChI=1S/C16H19ClN2.C9H13NO3/c1-19(2)12-10-15(16-5-3-4-11-18-16)13-6-8-14(17)9-7-13;1-10-5-9(13)6-2-3-7(11)8(12)4-6/h3-9,11,15H,10,12H2,1-2H3;2-4,9-13H,5H2,1H3/t;9-/m.0/s1. The molecule has 0 bridgehead atoms. The number of nitrogens with one attached hydrogen (secondary N) is 1. The number of rotatable bonds is 8. The van der Waals surface area contributed by atoms with Gasteiger partial charge in [0.15, 0.2) is 11.5 Å². The molecule has 0 aliphatic rings. The highest BCUT2D eigenvalue weighted by atomic mass is 35.5. The van der Waals surface area contributed by atoms with Crippen LogP contribution in [0, 0.1) is 0 Å². The van der Waals surface area contributed by atoms with E-state index in [-0.39, 0.29) is 11.5 Å². The van der Waals surface area contributed by atoms with Crippen LogP contribution in [0.1, 0.15) is 35.3 Å². The Kier molecular flexibility index (Phi) is 10.4. The minimum atomic E-state index is -0.670. The number of hydrogen-bond donors (Lipinski definition) is 4. The van der Waals surface area contributed by atoms with Gasteiger partial charge in [-0.25, -0.2) is 0 Å². The summed E-state index contributed by atoms with van der Waals surface area (Å²) in [6, 6.07) is 18.4. The topological polar surface area (TPSA) is 88.9 Å². The van der Waals surface area contributed by atoms with E-state index in [2.05, 4.69) is 47.5 Å². The van der Waals surface area contributed by atoms with Gasteiger partial charge in [0, 0.05) is 29.4 Å². The van der Waals surface area contributed by atoms with Crippen LogP contribution >= 0.6 is 11.6 Å². The molecule has 0 spiro atoms. The number of aromatic nitrogens is 1. The first-order valence-electron chi connectivity index (χ1n) is 10.5. The Labute approximate surface area is 195 Å². The quantitative estimate of drug-likeness (QED) is 0.380. The number of aromatic hydroxyl groups is 2. The average molecular weight is 458 g/mol. The van der Waals surface area contributed by atoms with Gasteiger partial charge >= 0.3 is 0 Å². The van der Waals surface area contributed by atoms with Gasteiger partial charge in [0.05, 0.1) is 6.10 Å². The van der Waals surface area contributed by atoms with Crippen molar-refractivity contribution in [2.75, 3.05) is 34.2 Å². The molecule has 0 fully saturated rings. The highest BCUT2D eigenvalue weighted by molar-refractivity contribution is 6.30. The van der Waals surface area contributed by atoms with Gasteiger partial charge in [0.25, 0.3) is 0 Å². The van der Waals surface area contributed by atoms with E-state index in [0.717, 1.165) is 23.7 Å². The Morgan fingerprint density at radius 1 is 0.969 bits per heavy atom. The van der Waals surface area contributed by atoms with Gasteiger partial charge in [-0.3, -0.25) is 4.98 Å². The van der Waals surface area contributed by atoms with Crippen molar-refractivity contribution in [3.05, 3.63) is 88.7 Å². The third kappa shape index (κ3) is 8.13. The molecular weight excluding hydrogens is 426 g/mol. The molecular formula is C25H32ClN3O3. The van der Waals surface area contributed by atoms with Crippen LogP contribution in [0.2, 0.25) is 5.02 Å². The van der Waals surface area contributed by atoms with Crippen molar-refractivity contribution in [1.29, 1.82) is 0 Å². The number of phenolic OH excluding ortho intramolecular Hbond substituents is 2. The third-order valence-corrected chi connectivity index (χ3v) is 5.22. The number of benzene rings is 2. The molecule has 0 amide bonds. The molecule has 0 saturated heterocycles. The van der Waals surface area contributed by atoms with Gasteiger partial charge in [-0.15, -0.1) is 0 Å². The van der Waals surface area contributed by atoms with Crippen LogP contribution in [0.15, 0.2) is 66.9 Å². The lowest BCUT2D eigenvalue weighted by Gasteiger charge is -2.19. The lowest BCUT2D eigenvalue weighted by molar-refractivity contribution is 0.177. The first kappa shape index (κ1) is 25.6. The van der Waals surface area contributed by atoms with Crippen molar-refractivity contribution in [2.24, 2.45) is 0 Å². The molecule has 2 atom stereocenters. The number of nitrogens with zero attached hydrogens (tertiary/aromatic N) is 2. The normalized spacial score (nSPS) is 12.7. The molecule has 6 nitrogen and oxygen atoms in total. The molecule has 1 heterocycles. The molecule has 1 unspecified atom stereocenters. The molecule has 1 aromatic heterocycles. The van der Waals surface area contributed by atoms with Crippen LogP contribution in [-0.4, -0.2) is 59.4 Å². The summed E-state index contributed by atoms with van der Waals surface area (Å²) in [4.78, 5) is 6.70. The highest BCUT2D eigenvalue weighted by Crippen LogP contribution is 2.28. The van der Waals surface area contributed by atoms with Crippen molar-refractivity contribution in [3.8, 4) is 11.5 Å². The Balaban J connectivity index is 0.000000244. The predicted molar refractivity (Wildman–Crippen MR) is 129 cm³/mol. The van der Waals surface area contributed by atoms with Crippen LogP contribution in [0.3, 0.4) is 0 Å².